The number of aliphatic hydroxyl groups is 2. The van der Waals surface area contributed by atoms with Gasteiger partial charge in [-0.15, -0.1) is 0 Å². The van der Waals surface area contributed by atoms with Crippen molar-refractivity contribution >= 4 is 16.9 Å². The molecular formula is C36H48O10. The van der Waals surface area contributed by atoms with Crippen molar-refractivity contribution in [2.24, 2.45) is 5.92 Å². The molecule has 0 aliphatic heterocycles. The predicted molar refractivity (Wildman–Crippen MR) is 175 cm³/mol. The molecule has 1 saturated carbocycles. The Bertz CT molecular complexity index is 1480. The Morgan fingerprint density at radius 1 is 0.870 bits per heavy atom. The maximum Gasteiger partial charge on any atom is 0.303 e. The van der Waals surface area contributed by atoms with E-state index >= 15 is 0 Å². The first kappa shape index (κ1) is 35.1. The second-order valence-corrected chi connectivity index (χ2v) is 11.9. The summed E-state index contributed by atoms with van der Waals surface area (Å²) in [5, 5.41) is 22.2. The summed E-state index contributed by atoms with van der Waals surface area (Å²) in [6, 6.07) is 10.5. The van der Waals surface area contributed by atoms with E-state index in [0.717, 1.165) is 38.5 Å². The minimum atomic E-state index is -1.44. The standard InChI is InChI=1S/C36H48O10/c1-6-9-16-41-25-14-12-24(13-15-25)35-36(46-29-19-22(4)34(44-23(5)37)33(40)31(29)38)32(39)30-27(43-18-11-8-3)20-26(21-28(30)45-35)42-17-10-7-2/h12-15,20-22,29,31,33-34,38,40H,6-11,16-19H2,1-5H3/t22-,29?,31+,33+,34?/m1/s1. The summed E-state index contributed by atoms with van der Waals surface area (Å²) in [4.78, 5) is 26.0. The highest BCUT2D eigenvalue weighted by Gasteiger charge is 2.45. The quantitative estimate of drug-likeness (QED) is 0.133. The molecule has 0 bridgehead atoms. The lowest BCUT2D eigenvalue weighted by Crippen LogP contribution is -2.56. The maximum absolute atomic E-state index is 14.4. The first-order chi connectivity index (χ1) is 22.2. The van der Waals surface area contributed by atoms with Crippen molar-refractivity contribution in [2.75, 3.05) is 19.8 Å². The Morgan fingerprint density at radius 2 is 1.48 bits per heavy atom. The van der Waals surface area contributed by atoms with Gasteiger partial charge in [-0.25, -0.2) is 0 Å². The second-order valence-electron chi connectivity index (χ2n) is 11.9. The number of hydrogen-bond donors (Lipinski definition) is 2. The molecule has 10 heteroatoms. The molecule has 2 aromatic carbocycles. The van der Waals surface area contributed by atoms with Gasteiger partial charge in [-0.05, 0) is 55.9 Å². The van der Waals surface area contributed by atoms with Crippen molar-refractivity contribution in [1.29, 1.82) is 0 Å². The van der Waals surface area contributed by atoms with E-state index in [-0.39, 0.29) is 34.8 Å². The summed E-state index contributed by atoms with van der Waals surface area (Å²) < 4.78 is 36.0. The van der Waals surface area contributed by atoms with E-state index in [1.165, 1.54) is 6.92 Å². The summed E-state index contributed by atoms with van der Waals surface area (Å²) in [6.45, 7) is 10.7. The molecular weight excluding hydrogens is 592 g/mol. The van der Waals surface area contributed by atoms with Gasteiger partial charge in [0.1, 0.15) is 52.6 Å². The van der Waals surface area contributed by atoms with E-state index in [1.807, 2.05) is 0 Å². The molecule has 5 atom stereocenters. The molecule has 2 N–H and O–H groups in total. The second kappa shape index (κ2) is 16.7. The molecule has 0 saturated heterocycles. The van der Waals surface area contributed by atoms with Gasteiger partial charge in [0.2, 0.25) is 11.2 Å². The molecule has 0 radical (unpaired) electrons. The third-order valence-corrected chi connectivity index (χ3v) is 8.10. The van der Waals surface area contributed by atoms with E-state index in [4.69, 9.17) is 28.1 Å². The third-order valence-electron chi connectivity index (χ3n) is 8.10. The molecule has 4 rings (SSSR count). The number of esters is 1. The lowest BCUT2D eigenvalue weighted by atomic mass is 9.81. The van der Waals surface area contributed by atoms with Crippen molar-refractivity contribution in [2.45, 2.75) is 104 Å². The number of aliphatic hydroxyl groups excluding tert-OH is 2. The zero-order chi connectivity index (χ0) is 33.2. The van der Waals surface area contributed by atoms with Crippen LogP contribution in [0.3, 0.4) is 0 Å². The highest BCUT2D eigenvalue weighted by Crippen LogP contribution is 2.39. The number of benzene rings is 2. The van der Waals surface area contributed by atoms with Crippen LogP contribution in [0.1, 0.15) is 79.6 Å². The first-order valence-electron chi connectivity index (χ1n) is 16.5. The number of ether oxygens (including phenoxy) is 5. The average molecular weight is 641 g/mol. The number of fused-ring (bicyclic) bond motifs is 1. The summed E-state index contributed by atoms with van der Waals surface area (Å²) >= 11 is 0. The molecule has 0 amide bonds. The van der Waals surface area contributed by atoms with Crippen molar-refractivity contribution in [1.82, 2.24) is 0 Å². The van der Waals surface area contributed by atoms with Crippen LogP contribution in [0, 0.1) is 5.92 Å². The monoisotopic (exact) mass is 640 g/mol. The smallest absolute Gasteiger partial charge is 0.303 e. The van der Waals surface area contributed by atoms with Gasteiger partial charge in [0.15, 0.2) is 5.76 Å². The van der Waals surface area contributed by atoms with Gasteiger partial charge in [0.05, 0.1) is 19.8 Å². The Balaban J connectivity index is 1.82. The SMILES string of the molecule is CCCCOc1ccc(-c2oc3cc(OCCCC)cc(OCCCC)c3c(=O)c2OC2C[C@@H](C)C(OC(C)=O)[C@@H](O)[C@H]2O)cc1. The summed E-state index contributed by atoms with van der Waals surface area (Å²) in [5.74, 6) is 0.619. The van der Waals surface area contributed by atoms with Gasteiger partial charge in [-0.2, -0.15) is 0 Å². The zero-order valence-electron chi connectivity index (χ0n) is 27.6. The van der Waals surface area contributed by atoms with Crippen LogP contribution < -0.4 is 24.4 Å². The molecule has 1 aliphatic rings. The van der Waals surface area contributed by atoms with Crippen LogP contribution in [0.15, 0.2) is 45.6 Å². The van der Waals surface area contributed by atoms with Gasteiger partial charge in [0.25, 0.3) is 0 Å². The normalized spacial score (nSPS) is 21.2. The van der Waals surface area contributed by atoms with Crippen LogP contribution in [-0.4, -0.2) is 60.4 Å². The molecule has 1 aliphatic carbocycles. The largest absolute Gasteiger partial charge is 0.494 e. The predicted octanol–water partition coefficient (Wildman–Crippen LogP) is 6.44. The molecule has 252 valence electrons. The number of unbranched alkanes of at least 4 members (excludes halogenated alkanes) is 3. The molecule has 2 unspecified atom stereocenters. The average Bonchev–Trinajstić information content (AvgIpc) is 3.03. The van der Waals surface area contributed by atoms with Crippen molar-refractivity contribution in [3.05, 3.63) is 46.6 Å². The highest BCUT2D eigenvalue weighted by molar-refractivity contribution is 5.88. The van der Waals surface area contributed by atoms with Crippen LogP contribution in [0.5, 0.6) is 23.0 Å². The summed E-state index contributed by atoms with van der Waals surface area (Å²) in [5.41, 5.74) is 0.338. The molecule has 1 aromatic heterocycles. The van der Waals surface area contributed by atoms with Crippen LogP contribution in [0.25, 0.3) is 22.3 Å². The van der Waals surface area contributed by atoms with Crippen LogP contribution in [-0.2, 0) is 9.53 Å². The molecule has 10 nitrogen and oxygen atoms in total. The fraction of sp³-hybridized carbons (Fsp3) is 0.556. The molecule has 3 aromatic rings. The molecule has 1 heterocycles. The van der Waals surface area contributed by atoms with E-state index in [0.29, 0.717) is 42.6 Å². The number of carbonyl (C=O) groups excluding carboxylic acids is 1. The fourth-order valence-electron chi connectivity index (χ4n) is 5.47. The van der Waals surface area contributed by atoms with E-state index in [2.05, 4.69) is 20.8 Å². The van der Waals surface area contributed by atoms with E-state index in [1.54, 1.807) is 43.3 Å². The Labute approximate surface area is 270 Å². The summed E-state index contributed by atoms with van der Waals surface area (Å²) in [7, 11) is 0. The maximum atomic E-state index is 14.4. The van der Waals surface area contributed by atoms with E-state index < -0.39 is 35.8 Å². The van der Waals surface area contributed by atoms with Crippen molar-refractivity contribution in [3.63, 3.8) is 0 Å². The van der Waals surface area contributed by atoms with Gasteiger partial charge in [-0.3, -0.25) is 9.59 Å². The van der Waals surface area contributed by atoms with Gasteiger partial charge >= 0.3 is 5.97 Å². The summed E-state index contributed by atoms with van der Waals surface area (Å²) in [6.07, 6.45) is 0.920. The number of rotatable bonds is 16. The molecule has 46 heavy (non-hydrogen) atoms. The minimum absolute atomic E-state index is 0.124. The highest BCUT2D eigenvalue weighted by atomic mass is 16.6. The van der Waals surface area contributed by atoms with E-state index in [9.17, 15) is 19.8 Å². The van der Waals surface area contributed by atoms with Crippen molar-refractivity contribution in [3.8, 4) is 34.3 Å². The van der Waals surface area contributed by atoms with Crippen LogP contribution in [0.2, 0.25) is 0 Å². The van der Waals surface area contributed by atoms with Crippen molar-refractivity contribution < 1.29 is 43.1 Å². The minimum Gasteiger partial charge on any atom is -0.494 e. The Hall–Kier alpha value is -3.76. The topological polar surface area (TPSA) is 134 Å². The zero-order valence-corrected chi connectivity index (χ0v) is 27.6. The van der Waals surface area contributed by atoms with Crippen LogP contribution in [0.4, 0.5) is 0 Å². The number of carbonyl (C=O) groups is 1. The third kappa shape index (κ3) is 8.53. The van der Waals surface area contributed by atoms with Gasteiger partial charge < -0.3 is 38.3 Å². The lowest BCUT2D eigenvalue weighted by Gasteiger charge is -2.40. The van der Waals surface area contributed by atoms with Crippen LogP contribution >= 0.6 is 0 Å². The number of hydrogen-bond acceptors (Lipinski definition) is 10. The van der Waals surface area contributed by atoms with Gasteiger partial charge in [0, 0.05) is 24.6 Å². The lowest BCUT2D eigenvalue weighted by molar-refractivity contribution is -0.182. The Morgan fingerprint density at radius 3 is 2.09 bits per heavy atom. The Kier molecular flexibility index (Phi) is 12.7. The molecule has 1 fully saturated rings. The molecule has 0 spiro atoms. The van der Waals surface area contributed by atoms with Gasteiger partial charge in [-0.1, -0.05) is 47.0 Å². The fourth-order valence-corrected chi connectivity index (χ4v) is 5.47. The first-order valence-corrected chi connectivity index (χ1v) is 16.5.